The first-order valence-electron chi connectivity index (χ1n) is 4.23. The second-order valence-electron chi connectivity index (χ2n) is 3.12. The van der Waals surface area contributed by atoms with Gasteiger partial charge in [-0.05, 0) is 23.6 Å². The molecule has 2 rings (SSSR count). The van der Waals surface area contributed by atoms with Crippen molar-refractivity contribution in [2.24, 2.45) is 0 Å². The third-order valence-corrected chi connectivity index (χ3v) is 3.11. The number of hydrogen-bond acceptors (Lipinski definition) is 2. The van der Waals surface area contributed by atoms with E-state index in [-0.39, 0.29) is 5.75 Å². The third-order valence-electron chi connectivity index (χ3n) is 2.14. The summed E-state index contributed by atoms with van der Waals surface area (Å²) in [5.41, 5.74) is 0. The highest BCUT2D eigenvalue weighted by Gasteiger charge is 2.04. The first-order valence-corrected chi connectivity index (χ1v) is 5.79. The van der Waals surface area contributed by atoms with Crippen LogP contribution in [0.15, 0.2) is 41.3 Å². The summed E-state index contributed by atoms with van der Waals surface area (Å²) in [7, 11) is -1.02. The minimum Gasteiger partial charge on any atom is -0.508 e. The third kappa shape index (κ3) is 1.51. The molecule has 1 atom stereocenters. The van der Waals surface area contributed by atoms with E-state index >= 15 is 0 Å². The Morgan fingerprint density at radius 3 is 2.71 bits per heavy atom. The van der Waals surface area contributed by atoms with Crippen molar-refractivity contribution in [1.29, 1.82) is 0 Å². The van der Waals surface area contributed by atoms with Crippen molar-refractivity contribution in [2.45, 2.75) is 4.90 Å². The topological polar surface area (TPSA) is 37.3 Å². The number of phenols is 1. The molecule has 1 N–H and O–H groups in total. The van der Waals surface area contributed by atoms with Crippen molar-refractivity contribution >= 4 is 21.6 Å². The Balaban J connectivity index is 2.84. The van der Waals surface area contributed by atoms with Crippen LogP contribution < -0.4 is 0 Å². The molecule has 0 aliphatic rings. The summed E-state index contributed by atoms with van der Waals surface area (Å²) < 4.78 is 11.4. The van der Waals surface area contributed by atoms with Gasteiger partial charge < -0.3 is 5.11 Å². The molecule has 0 aromatic heterocycles. The fourth-order valence-corrected chi connectivity index (χ4v) is 2.24. The van der Waals surface area contributed by atoms with Gasteiger partial charge in [-0.2, -0.15) is 0 Å². The largest absolute Gasteiger partial charge is 0.508 e. The van der Waals surface area contributed by atoms with Crippen LogP contribution in [-0.4, -0.2) is 15.6 Å². The minimum atomic E-state index is -1.02. The summed E-state index contributed by atoms with van der Waals surface area (Å²) in [6, 6.07) is 10.7. The molecule has 0 spiro atoms. The molecule has 0 bridgehead atoms. The van der Waals surface area contributed by atoms with Crippen LogP contribution in [0.5, 0.6) is 5.75 Å². The molecule has 0 saturated carbocycles. The average Bonchev–Trinajstić information content (AvgIpc) is 2.16. The predicted octanol–water partition coefficient (Wildman–Crippen LogP) is 2.28. The maximum absolute atomic E-state index is 11.4. The molecular formula is C11H10O2S. The molecule has 2 aromatic carbocycles. The molecule has 0 aliphatic heterocycles. The molecule has 3 heteroatoms. The Bertz CT molecular complexity index is 506. The van der Waals surface area contributed by atoms with E-state index in [9.17, 15) is 9.32 Å². The van der Waals surface area contributed by atoms with Crippen molar-refractivity contribution in [3.63, 3.8) is 0 Å². The average molecular weight is 206 g/mol. The molecule has 14 heavy (non-hydrogen) atoms. The summed E-state index contributed by atoms with van der Waals surface area (Å²) in [6.45, 7) is 0. The van der Waals surface area contributed by atoms with Gasteiger partial charge in [0, 0.05) is 16.5 Å². The molecule has 0 saturated heterocycles. The number of benzene rings is 2. The molecule has 72 valence electrons. The van der Waals surface area contributed by atoms with Gasteiger partial charge in [-0.25, -0.2) is 0 Å². The lowest BCUT2D eigenvalue weighted by molar-refractivity contribution is 0.476. The second-order valence-corrected chi connectivity index (χ2v) is 4.46. The molecule has 0 radical (unpaired) electrons. The number of fused-ring (bicyclic) bond motifs is 1. The molecule has 0 amide bonds. The van der Waals surface area contributed by atoms with Crippen molar-refractivity contribution in [3.8, 4) is 5.75 Å². The fourth-order valence-electron chi connectivity index (χ4n) is 1.48. The molecule has 0 fully saturated rings. The minimum absolute atomic E-state index is 0.204. The lowest BCUT2D eigenvalue weighted by Crippen LogP contribution is -1.88. The summed E-state index contributed by atoms with van der Waals surface area (Å²) in [5, 5.41) is 11.2. The van der Waals surface area contributed by atoms with Crippen molar-refractivity contribution in [1.82, 2.24) is 0 Å². The van der Waals surface area contributed by atoms with Crippen LogP contribution in [0, 0.1) is 0 Å². The van der Waals surface area contributed by atoms with Crippen LogP contribution >= 0.6 is 0 Å². The summed E-state index contributed by atoms with van der Waals surface area (Å²) in [4.78, 5) is 0.762. The highest BCUT2D eigenvalue weighted by Crippen LogP contribution is 2.24. The van der Waals surface area contributed by atoms with Crippen LogP contribution in [0.4, 0.5) is 0 Å². The lowest BCUT2D eigenvalue weighted by atomic mass is 10.1. The van der Waals surface area contributed by atoms with Gasteiger partial charge in [-0.1, -0.05) is 18.2 Å². The predicted molar refractivity (Wildman–Crippen MR) is 57.9 cm³/mol. The Morgan fingerprint density at radius 2 is 2.00 bits per heavy atom. The molecular weight excluding hydrogens is 196 g/mol. The Morgan fingerprint density at radius 1 is 1.21 bits per heavy atom. The Kier molecular flexibility index (Phi) is 2.25. The number of aromatic hydroxyl groups is 1. The van der Waals surface area contributed by atoms with E-state index in [4.69, 9.17) is 0 Å². The number of hydrogen-bond donors (Lipinski definition) is 1. The van der Waals surface area contributed by atoms with Crippen LogP contribution in [0.3, 0.4) is 0 Å². The monoisotopic (exact) mass is 206 g/mol. The molecule has 0 aliphatic carbocycles. The zero-order valence-electron chi connectivity index (χ0n) is 7.73. The van der Waals surface area contributed by atoms with Gasteiger partial charge >= 0.3 is 0 Å². The van der Waals surface area contributed by atoms with Gasteiger partial charge in [0.05, 0.1) is 10.8 Å². The van der Waals surface area contributed by atoms with Gasteiger partial charge in [0.2, 0.25) is 0 Å². The van der Waals surface area contributed by atoms with Crippen molar-refractivity contribution < 1.29 is 9.32 Å². The van der Waals surface area contributed by atoms with Gasteiger partial charge in [-0.15, -0.1) is 0 Å². The standard InChI is InChI=1S/C11H10O2S/c1-14(13)11-4-2-3-8-5-6-9(12)7-10(8)11/h2-7,12H,1H3. The van der Waals surface area contributed by atoms with Gasteiger partial charge in [0.25, 0.3) is 0 Å². The summed E-state index contributed by atoms with van der Waals surface area (Å²) in [5.74, 6) is 0.204. The molecule has 1 unspecified atom stereocenters. The van der Waals surface area contributed by atoms with Crippen LogP contribution in [0.2, 0.25) is 0 Å². The van der Waals surface area contributed by atoms with Crippen molar-refractivity contribution in [2.75, 3.05) is 6.26 Å². The molecule has 2 aromatic rings. The Hall–Kier alpha value is -1.35. The second kappa shape index (κ2) is 3.42. The molecule has 2 nitrogen and oxygen atoms in total. The van der Waals surface area contributed by atoms with Crippen LogP contribution in [-0.2, 0) is 10.8 Å². The van der Waals surface area contributed by atoms with Gasteiger partial charge in [0.15, 0.2) is 0 Å². The van der Waals surface area contributed by atoms with E-state index in [2.05, 4.69) is 0 Å². The molecule has 0 heterocycles. The highest BCUT2D eigenvalue weighted by atomic mass is 32.2. The van der Waals surface area contributed by atoms with Gasteiger partial charge in [-0.3, -0.25) is 4.21 Å². The number of phenolic OH excluding ortho intramolecular Hbond substituents is 1. The van der Waals surface area contributed by atoms with E-state index in [1.807, 2.05) is 24.3 Å². The zero-order valence-corrected chi connectivity index (χ0v) is 8.54. The van der Waals surface area contributed by atoms with E-state index in [1.165, 1.54) is 0 Å². The van der Waals surface area contributed by atoms with E-state index in [0.717, 1.165) is 15.7 Å². The van der Waals surface area contributed by atoms with Crippen LogP contribution in [0.1, 0.15) is 0 Å². The van der Waals surface area contributed by atoms with E-state index < -0.39 is 10.8 Å². The smallest absolute Gasteiger partial charge is 0.116 e. The fraction of sp³-hybridized carbons (Fsp3) is 0.0909. The quantitative estimate of drug-likeness (QED) is 0.777. The summed E-state index contributed by atoms with van der Waals surface area (Å²) >= 11 is 0. The van der Waals surface area contributed by atoms with E-state index in [0.29, 0.717) is 0 Å². The van der Waals surface area contributed by atoms with Gasteiger partial charge in [0.1, 0.15) is 5.75 Å². The van der Waals surface area contributed by atoms with E-state index in [1.54, 1.807) is 18.4 Å². The maximum Gasteiger partial charge on any atom is 0.116 e. The highest BCUT2D eigenvalue weighted by molar-refractivity contribution is 7.84. The maximum atomic E-state index is 11.4. The Labute approximate surface area is 84.6 Å². The summed E-state index contributed by atoms with van der Waals surface area (Å²) in [6.07, 6.45) is 1.64. The van der Waals surface area contributed by atoms with Crippen LogP contribution in [0.25, 0.3) is 10.8 Å². The van der Waals surface area contributed by atoms with Crippen molar-refractivity contribution in [3.05, 3.63) is 36.4 Å². The first-order chi connectivity index (χ1) is 6.68. The lowest BCUT2D eigenvalue weighted by Gasteiger charge is -2.03. The normalized spacial score (nSPS) is 12.9. The number of rotatable bonds is 1. The first kappa shape index (κ1) is 9.21. The SMILES string of the molecule is CS(=O)c1cccc2ccc(O)cc12. The zero-order chi connectivity index (χ0) is 10.1.